The molecule has 1 aliphatic rings. The van der Waals surface area contributed by atoms with Crippen LogP contribution < -0.4 is 10.1 Å². The van der Waals surface area contributed by atoms with Crippen LogP contribution in [0.2, 0.25) is 0 Å². The van der Waals surface area contributed by atoms with E-state index in [-0.39, 0.29) is 18.6 Å². The van der Waals surface area contributed by atoms with E-state index in [1.54, 1.807) is 6.07 Å². The van der Waals surface area contributed by atoms with E-state index >= 15 is 0 Å². The Morgan fingerprint density at radius 1 is 1.07 bits per heavy atom. The summed E-state index contributed by atoms with van der Waals surface area (Å²) in [5.74, 6) is 1.09. The van der Waals surface area contributed by atoms with Gasteiger partial charge in [-0.25, -0.2) is 0 Å². The van der Waals surface area contributed by atoms with E-state index in [0.717, 1.165) is 25.0 Å². The zero-order chi connectivity index (χ0) is 19.2. The van der Waals surface area contributed by atoms with E-state index in [4.69, 9.17) is 13.9 Å². The van der Waals surface area contributed by atoms with Gasteiger partial charge in [-0.15, -0.1) is 10.2 Å². The van der Waals surface area contributed by atoms with Crippen LogP contribution in [0.25, 0.3) is 22.9 Å². The molecule has 2 heterocycles. The minimum atomic E-state index is -0.194. The lowest BCUT2D eigenvalue weighted by Crippen LogP contribution is -2.35. The fourth-order valence-electron chi connectivity index (χ4n) is 3.03. The van der Waals surface area contributed by atoms with E-state index in [2.05, 4.69) is 15.5 Å². The van der Waals surface area contributed by atoms with Crippen LogP contribution in [0.5, 0.6) is 5.75 Å². The quantitative estimate of drug-likeness (QED) is 0.679. The highest BCUT2D eigenvalue weighted by Crippen LogP contribution is 2.30. The van der Waals surface area contributed by atoms with Gasteiger partial charge in [-0.05, 0) is 37.1 Å². The topological polar surface area (TPSA) is 86.5 Å². The smallest absolute Gasteiger partial charge is 0.258 e. The lowest BCUT2D eigenvalue weighted by Gasteiger charge is -2.12. The molecule has 1 fully saturated rings. The third-order valence-corrected chi connectivity index (χ3v) is 4.47. The first-order chi connectivity index (χ1) is 13.8. The summed E-state index contributed by atoms with van der Waals surface area (Å²) < 4.78 is 17.0. The summed E-state index contributed by atoms with van der Waals surface area (Å²) in [7, 11) is 0. The van der Waals surface area contributed by atoms with Gasteiger partial charge < -0.3 is 19.2 Å². The molecule has 1 aromatic heterocycles. The summed E-state index contributed by atoms with van der Waals surface area (Å²) in [4.78, 5) is 12.1. The number of hydrogen-bond acceptors (Lipinski definition) is 6. The highest BCUT2D eigenvalue weighted by Gasteiger charge is 2.18. The Kier molecular flexibility index (Phi) is 5.63. The van der Waals surface area contributed by atoms with Crippen LogP contribution in [-0.2, 0) is 9.53 Å². The molecule has 0 saturated carbocycles. The van der Waals surface area contributed by atoms with E-state index in [9.17, 15) is 4.79 Å². The number of ether oxygens (including phenoxy) is 2. The molecule has 0 unspecified atom stereocenters. The average molecular weight is 379 g/mol. The van der Waals surface area contributed by atoms with Gasteiger partial charge in [0.05, 0.1) is 11.7 Å². The molecule has 1 amide bonds. The predicted octanol–water partition coefficient (Wildman–Crippen LogP) is 3.08. The zero-order valence-electron chi connectivity index (χ0n) is 15.3. The molecule has 1 N–H and O–H groups in total. The van der Waals surface area contributed by atoms with E-state index in [0.29, 0.717) is 29.6 Å². The molecule has 3 aromatic rings. The summed E-state index contributed by atoms with van der Waals surface area (Å²) in [6, 6.07) is 16.8. The van der Waals surface area contributed by atoms with Crippen LogP contribution in [0, 0.1) is 0 Å². The number of nitrogens with zero attached hydrogens (tertiary/aromatic N) is 2. The summed E-state index contributed by atoms with van der Waals surface area (Å²) in [6.07, 6.45) is 2.12. The Balaban J connectivity index is 1.41. The number of benzene rings is 2. The molecule has 28 heavy (non-hydrogen) atoms. The standard InChI is InChI=1S/C21H21N3O4/c25-19(22-13-16-9-6-12-26-16)14-27-18-11-5-4-10-17(18)21-24-23-20(28-21)15-7-2-1-3-8-15/h1-5,7-8,10-11,16H,6,9,12-14H2,(H,22,25)/t16-/m1/s1. The number of hydrogen-bond donors (Lipinski definition) is 1. The van der Waals surface area contributed by atoms with Crippen molar-refractivity contribution < 1.29 is 18.7 Å². The normalized spacial score (nSPS) is 16.1. The van der Waals surface area contributed by atoms with Gasteiger partial charge in [-0.1, -0.05) is 30.3 Å². The summed E-state index contributed by atoms with van der Waals surface area (Å²) in [5.41, 5.74) is 1.48. The molecule has 0 spiro atoms. The van der Waals surface area contributed by atoms with E-state index in [1.807, 2.05) is 48.5 Å². The van der Waals surface area contributed by atoms with Crippen LogP contribution >= 0.6 is 0 Å². The van der Waals surface area contributed by atoms with Gasteiger partial charge >= 0.3 is 0 Å². The maximum atomic E-state index is 12.1. The molecular weight excluding hydrogens is 358 g/mol. The van der Waals surface area contributed by atoms with Crippen LogP contribution in [0.15, 0.2) is 59.0 Å². The van der Waals surface area contributed by atoms with Crippen LogP contribution in [0.3, 0.4) is 0 Å². The fourth-order valence-corrected chi connectivity index (χ4v) is 3.03. The largest absolute Gasteiger partial charge is 0.483 e. The van der Waals surface area contributed by atoms with Gasteiger partial charge in [0.15, 0.2) is 6.61 Å². The van der Waals surface area contributed by atoms with Gasteiger partial charge in [0.1, 0.15) is 5.75 Å². The summed E-state index contributed by atoms with van der Waals surface area (Å²) >= 11 is 0. The molecule has 0 radical (unpaired) electrons. The molecule has 0 bridgehead atoms. The molecule has 144 valence electrons. The monoisotopic (exact) mass is 379 g/mol. The summed E-state index contributed by atoms with van der Waals surface area (Å²) in [6.45, 7) is 1.18. The molecule has 7 nitrogen and oxygen atoms in total. The maximum absolute atomic E-state index is 12.1. The second kappa shape index (κ2) is 8.67. The number of para-hydroxylation sites is 1. The van der Waals surface area contributed by atoms with Crippen molar-refractivity contribution in [1.29, 1.82) is 0 Å². The molecule has 1 atom stereocenters. The fraction of sp³-hybridized carbons (Fsp3) is 0.286. The maximum Gasteiger partial charge on any atom is 0.258 e. The highest BCUT2D eigenvalue weighted by molar-refractivity contribution is 5.78. The third kappa shape index (κ3) is 4.37. The Labute approximate surface area is 162 Å². The first kappa shape index (κ1) is 18.2. The number of aromatic nitrogens is 2. The van der Waals surface area contributed by atoms with Crippen LogP contribution in [-0.4, -0.2) is 42.0 Å². The summed E-state index contributed by atoms with van der Waals surface area (Å²) in [5, 5.41) is 11.1. The Hall–Kier alpha value is -3.19. The van der Waals surface area contributed by atoms with E-state index < -0.39 is 0 Å². The zero-order valence-corrected chi connectivity index (χ0v) is 15.3. The van der Waals surface area contributed by atoms with Crippen molar-refractivity contribution >= 4 is 5.91 Å². The number of carbonyl (C=O) groups is 1. The van der Waals surface area contributed by atoms with Crippen molar-refractivity contribution in [1.82, 2.24) is 15.5 Å². The van der Waals surface area contributed by atoms with E-state index in [1.165, 1.54) is 0 Å². The van der Waals surface area contributed by atoms with Gasteiger partial charge in [0, 0.05) is 18.7 Å². The predicted molar refractivity (Wildman–Crippen MR) is 103 cm³/mol. The van der Waals surface area contributed by atoms with Gasteiger partial charge in [0.2, 0.25) is 5.89 Å². The van der Waals surface area contributed by atoms with Crippen LogP contribution in [0.4, 0.5) is 0 Å². The molecule has 2 aromatic carbocycles. The first-order valence-electron chi connectivity index (χ1n) is 9.29. The number of nitrogens with one attached hydrogen (secondary N) is 1. The van der Waals surface area contributed by atoms with Crippen molar-refractivity contribution in [3.63, 3.8) is 0 Å². The van der Waals surface area contributed by atoms with Gasteiger partial charge in [0.25, 0.3) is 11.8 Å². The van der Waals surface area contributed by atoms with Crippen molar-refractivity contribution in [2.24, 2.45) is 0 Å². The van der Waals surface area contributed by atoms with Crippen LogP contribution in [0.1, 0.15) is 12.8 Å². The molecule has 1 aliphatic heterocycles. The van der Waals surface area contributed by atoms with Gasteiger partial charge in [-0.3, -0.25) is 4.79 Å². The number of rotatable bonds is 7. The second-order valence-corrected chi connectivity index (χ2v) is 6.50. The first-order valence-corrected chi connectivity index (χ1v) is 9.29. The van der Waals surface area contributed by atoms with Crippen molar-refractivity contribution in [3.05, 3.63) is 54.6 Å². The second-order valence-electron chi connectivity index (χ2n) is 6.50. The van der Waals surface area contributed by atoms with Crippen molar-refractivity contribution in [2.75, 3.05) is 19.8 Å². The molecule has 1 saturated heterocycles. The minimum Gasteiger partial charge on any atom is -0.483 e. The van der Waals surface area contributed by atoms with Crippen molar-refractivity contribution in [3.8, 4) is 28.7 Å². The third-order valence-electron chi connectivity index (χ3n) is 4.47. The number of amides is 1. The number of carbonyl (C=O) groups excluding carboxylic acids is 1. The van der Waals surface area contributed by atoms with Gasteiger partial charge in [-0.2, -0.15) is 0 Å². The molecular formula is C21H21N3O4. The molecule has 7 heteroatoms. The lowest BCUT2D eigenvalue weighted by molar-refractivity contribution is -0.123. The average Bonchev–Trinajstić information content (AvgIpc) is 3.44. The Morgan fingerprint density at radius 3 is 2.68 bits per heavy atom. The SMILES string of the molecule is O=C(COc1ccccc1-c1nnc(-c2ccccc2)o1)NC[C@H]1CCCO1. The highest BCUT2D eigenvalue weighted by atomic mass is 16.5. The Morgan fingerprint density at radius 2 is 1.86 bits per heavy atom. The molecule has 0 aliphatic carbocycles. The lowest BCUT2D eigenvalue weighted by atomic mass is 10.2. The minimum absolute atomic E-state index is 0.0938. The Bertz CT molecular complexity index is 920. The van der Waals surface area contributed by atoms with Crippen molar-refractivity contribution in [2.45, 2.75) is 18.9 Å². The molecule has 4 rings (SSSR count).